The van der Waals surface area contributed by atoms with Crippen LogP contribution in [0.5, 0.6) is 0 Å². The van der Waals surface area contributed by atoms with Crippen LogP contribution in [-0.4, -0.2) is 54.3 Å². The van der Waals surface area contributed by atoms with E-state index >= 15 is 0 Å². The molecule has 0 heterocycles. The fraction of sp³-hybridized carbons (Fsp3) is 0.608. The van der Waals surface area contributed by atoms with Crippen LogP contribution in [0.25, 0.3) is 0 Å². The monoisotopic (exact) mass is 870 g/mol. The molecule has 0 aromatic heterocycles. The van der Waals surface area contributed by atoms with Crippen molar-refractivity contribution in [1.29, 1.82) is 0 Å². The number of carbonyl (C=O) groups is 2. The van der Waals surface area contributed by atoms with Gasteiger partial charge < -0.3 is 20.1 Å². The van der Waals surface area contributed by atoms with E-state index in [0.717, 1.165) is 83.5 Å². The van der Waals surface area contributed by atoms with E-state index in [-0.39, 0.29) is 32.1 Å². The standard InChI is InChI=1S/C51H84NO8P/c1-3-5-7-9-11-13-15-17-19-21-22-23-24-25-26-28-30-32-34-36-38-40-42-44-51(55)58-47-49(53)48-60-61(56,57)59-46-45-52-50(54)43-41-39-37-35-33-31-29-27-20-18-16-14-12-10-8-6-4-2/h6,8,11-14,17-20,22-23,25-26,29,31,35,37,49,53H,3-5,7,9-10,15-16,21,24,27-28,30,32-34,36,38-48H2,1-2H3,(H,52,54)(H,56,57)/b8-6-,13-11-,14-12-,19-17-,20-18-,23-22-,26-25-,31-29-,37-35-. The highest BCUT2D eigenvalue weighted by Gasteiger charge is 2.23. The smallest absolute Gasteiger partial charge is 0.463 e. The van der Waals surface area contributed by atoms with Gasteiger partial charge in [0, 0.05) is 19.4 Å². The lowest BCUT2D eigenvalue weighted by molar-refractivity contribution is -0.147. The van der Waals surface area contributed by atoms with E-state index in [0.29, 0.717) is 19.3 Å². The number of esters is 1. The first-order valence-corrected chi connectivity index (χ1v) is 24.9. The number of phosphoric ester groups is 1. The average Bonchev–Trinajstić information content (AvgIpc) is 3.25. The molecule has 346 valence electrons. The molecule has 0 aliphatic rings. The molecule has 0 bridgehead atoms. The third-order valence-corrected chi connectivity index (χ3v) is 10.2. The van der Waals surface area contributed by atoms with Gasteiger partial charge in [0.2, 0.25) is 5.91 Å². The quantitative estimate of drug-likeness (QED) is 0.0239. The maximum Gasteiger partial charge on any atom is 0.472 e. The van der Waals surface area contributed by atoms with Crippen LogP contribution in [-0.2, 0) is 27.9 Å². The van der Waals surface area contributed by atoms with Gasteiger partial charge in [0.25, 0.3) is 0 Å². The highest BCUT2D eigenvalue weighted by atomic mass is 31.2. The highest BCUT2D eigenvalue weighted by Crippen LogP contribution is 2.42. The van der Waals surface area contributed by atoms with Crippen molar-refractivity contribution in [3.63, 3.8) is 0 Å². The van der Waals surface area contributed by atoms with Gasteiger partial charge in [0.05, 0.1) is 13.2 Å². The van der Waals surface area contributed by atoms with Gasteiger partial charge in [-0.3, -0.25) is 18.6 Å². The lowest BCUT2D eigenvalue weighted by Crippen LogP contribution is -2.27. The summed E-state index contributed by atoms with van der Waals surface area (Å²) >= 11 is 0. The van der Waals surface area contributed by atoms with Crippen LogP contribution >= 0.6 is 7.82 Å². The second-order valence-electron chi connectivity index (χ2n) is 15.0. The van der Waals surface area contributed by atoms with Crippen molar-refractivity contribution in [1.82, 2.24) is 5.32 Å². The Morgan fingerprint density at radius 1 is 0.525 bits per heavy atom. The van der Waals surface area contributed by atoms with Crippen molar-refractivity contribution in [2.45, 2.75) is 174 Å². The van der Waals surface area contributed by atoms with Crippen molar-refractivity contribution in [2.24, 2.45) is 0 Å². The van der Waals surface area contributed by atoms with E-state index in [1.807, 2.05) is 0 Å². The predicted octanol–water partition coefficient (Wildman–Crippen LogP) is 13.5. The summed E-state index contributed by atoms with van der Waals surface area (Å²) in [7, 11) is -4.45. The molecule has 0 fully saturated rings. The van der Waals surface area contributed by atoms with Crippen LogP contribution < -0.4 is 5.32 Å². The second-order valence-corrected chi connectivity index (χ2v) is 16.4. The summed E-state index contributed by atoms with van der Waals surface area (Å²) in [4.78, 5) is 34.0. The molecular formula is C51H84NO8P. The van der Waals surface area contributed by atoms with Crippen molar-refractivity contribution in [2.75, 3.05) is 26.4 Å². The number of hydrogen-bond donors (Lipinski definition) is 3. The molecule has 3 N–H and O–H groups in total. The molecule has 0 aromatic rings. The van der Waals surface area contributed by atoms with Gasteiger partial charge in [0.15, 0.2) is 0 Å². The third-order valence-electron chi connectivity index (χ3n) is 9.19. The molecule has 0 saturated carbocycles. The number of allylic oxidation sites excluding steroid dienone is 18. The Kier molecular flexibility index (Phi) is 43.7. The molecule has 2 unspecified atom stereocenters. The number of amides is 1. The molecule has 0 saturated heterocycles. The number of phosphoric acid groups is 1. The third kappa shape index (κ3) is 47.6. The molecule has 2 atom stereocenters. The molecule has 0 spiro atoms. The number of carbonyl (C=O) groups excluding carboxylic acids is 2. The number of ether oxygens (including phenoxy) is 1. The zero-order chi connectivity index (χ0) is 44.6. The predicted molar refractivity (Wildman–Crippen MR) is 256 cm³/mol. The van der Waals surface area contributed by atoms with Gasteiger partial charge in [-0.15, -0.1) is 0 Å². The van der Waals surface area contributed by atoms with E-state index in [1.165, 1.54) is 44.9 Å². The number of unbranched alkanes of at least 4 members (excludes halogenated alkanes) is 11. The summed E-state index contributed by atoms with van der Waals surface area (Å²) in [6.07, 6.45) is 61.7. The molecule has 9 nitrogen and oxygen atoms in total. The molecule has 10 heteroatoms. The van der Waals surface area contributed by atoms with Gasteiger partial charge in [-0.05, 0) is 96.3 Å². The van der Waals surface area contributed by atoms with Gasteiger partial charge in [-0.25, -0.2) is 4.57 Å². The SMILES string of the molecule is CC/C=C\C/C=C\C/C=C\C/C=C\C/C=C\CCCC(=O)NCCOP(=O)(O)OCC(O)COC(=O)CCCCCCCCC/C=C\C/C=C\C/C=C\C/C=C\CCCCC. The lowest BCUT2D eigenvalue weighted by Gasteiger charge is -2.15. The van der Waals surface area contributed by atoms with Gasteiger partial charge >= 0.3 is 13.8 Å². The largest absolute Gasteiger partial charge is 0.472 e. The number of nitrogens with one attached hydrogen (secondary N) is 1. The van der Waals surface area contributed by atoms with Gasteiger partial charge in [-0.2, -0.15) is 0 Å². The topological polar surface area (TPSA) is 131 Å². The van der Waals surface area contributed by atoms with Crippen molar-refractivity contribution in [3.8, 4) is 0 Å². The summed E-state index contributed by atoms with van der Waals surface area (Å²) in [5.41, 5.74) is 0. The maximum absolute atomic E-state index is 12.1. The van der Waals surface area contributed by atoms with Gasteiger partial charge in [0.1, 0.15) is 12.7 Å². The summed E-state index contributed by atoms with van der Waals surface area (Å²) in [5, 5.41) is 12.7. The normalized spacial score (nSPS) is 14.2. The molecular weight excluding hydrogens is 786 g/mol. The Labute approximate surface area is 371 Å². The first-order valence-electron chi connectivity index (χ1n) is 23.4. The average molecular weight is 870 g/mol. The van der Waals surface area contributed by atoms with Crippen LogP contribution in [0.1, 0.15) is 168 Å². The van der Waals surface area contributed by atoms with Crippen LogP contribution in [0.4, 0.5) is 0 Å². The zero-order valence-corrected chi connectivity index (χ0v) is 39.0. The van der Waals surface area contributed by atoms with Crippen LogP contribution in [0.2, 0.25) is 0 Å². The van der Waals surface area contributed by atoms with E-state index in [9.17, 15) is 24.2 Å². The number of hydrogen-bond acceptors (Lipinski definition) is 7. The minimum atomic E-state index is -4.45. The minimum absolute atomic E-state index is 0.0430. The van der Waals surface area contributed by atoms with E-state index in [4.69, 9.17) is 13.8 Å². The molecule has 0 aliphatic carbocycles. The fourth-order valence-electron chi connectivity index (χ4n) is 5.69. The molecule has 0 aromatic carbocycles. The molecule has 0 rings (SSSR count). The molecule has 0 radical (unpaired) electrons. The number of aliphatic hydroxyl groups is 1. The molecule has 0 aliphatic heterocycles. The highest BCUT2D eigenvalue weighted by molar-refractivity contribution is 7.47. The van der Waals surface area contributed by atoms with Crippen molar-refractivity contribution in [3.05, 3.63) is 109 Å². The zero-order valence-electron chi connectivity index (χ0n) is 38.1. The first kappa shape index (κ1) is 57.7. The van der Waals surface area contributed by atoms with E-state index < -0.39 is 26.5 Å². The summed E-state index contributed by atoms with van der Waals surface area (Å²) < 4.78 is 26.9. The Bertz CT molecular complexity index is 1360. The van der Waals surface area contributed by atoms with Crippen LogP contribution in [0, 0.1) is 0 Å². The number of aliphatic hydroxyl groups excluding tert-OH is 1. The summed E-state index contributed by atoms with van der Waals surface area (Å²) in [6.45, 7) is 3.31. The lowest BCUT2D eigenvalue weighted by atomic mass is 10.1. The summed E-state index contributed by atoms with van der Waals surface area (Å²) in [6, 6.07) is 0. The second kappa shape index (κ2) is 46.2. The van der Waals surface area contributed by atoms with Crippen molar-refractivity contribution >= 4 is 19.7 Å². The van der Waals surface area contributed by atoms with Crippen LogP contribution in [0.3, 0.4) is 0 Å². The van der Waals surface area contributed by atoms with Crippen LogP contribution in [0.15, 0.2) is 109 Å². The minimum Gasteiger partial charge on any atom is -0.463 e. The van der Waals surface area contributed by atoms with E-state index in [2.05, 4.69) is 129 Å². The maximum atomic E-state index is 12.1. The number of rotatable bonds is 42. The fourth-order valence-corrected chi connectivity index (χ4v) is 6.45. The molecule has 1 amide bonds. The van der Waals surface area contributed by atoms with Gasteiger partial charge in [-0.1, -0.05) is 168 Å². The Balaban J connectivity index is 3.70. The van der Waals surface area contributed by atoms with E-state index in [1.54, 1.807) is 0 Å². The first-order chi connectivity index (χ1) is 29.8. The Hall–Kier alpha value is -3.33. The Morgan fingerprint density at radius 2 is 0.951 bits per heavy atom. The van der Waals surface area contributed by atoms with Crippen molar-refractivity contribution < 1.29 is 37.9 Å². The molecule has 61 heavy (non-hydrogen) atoms. The summed E-state index contributed by atoms with van der Waals surface area (Å²) in [5.74, 6) is -0.596. The Morgan fingerprint density at radius 3 is 1.44 bits per heavy atom.